The van der Waals surface area contributed by atoms with Gasteiger partial charge < -0.3 is 10.6 Å². The molecule has 0 aromatic carbocycles. The molecule has 6 nitrogen and oxygen atoms in total. The lowest BCUT2D eigenvalue weighted by atomic mass is 10.3. The molecule has 3 rings (SSSR count). The van der Waals surface area contributed by atoms with Crippen molar-refractivity contribution in [2.45, 2.75) is 13.0 Å². The number of fused-ring (bicyclic) bond motifs is 1. The summed E-state index contributed by atoms with van der Waals surface area (Å²) in [5.41, 5.74) is 2.06. The zero-order chi connectivity index (χ0) is 14.3. The minimum atomic E-state index is 0.855. The standard InChI is InChI=1S/C15H18N6/c1-3-13(11-16-6-1)12-17-7-2-8-18-14-5-10-21-15(20-14)4-9-19-21/h1,3-6,9-11,17H,2,7-8,12H2,(H,18,20). The van der Waals surface area contributed by atoms with Crippen molar-refractivity contribution in [3.8, 4) is 0 Å². The largest absolute Gasteiger partial charge is 0.370 e. The van der Waals surface area contributed by atoms with Gasteiger partial charge in [0.15, 0.2) is 5.65 Å². The Labute approximate surface area is 123 Å². The second kappa shape index (κ2) is 6.81. The minimum Gasteiger partial charge on any atom is -0.370 e. The summed E-state index contributed by atoms with van der Waals surface area (Å²) in [7, 11) is 0. The Morgan fingerprint density at radius 2 is 2.10 bits per heavy atom. The SMILES string of the molecule is c1cncc(CNCCCNc2ccn3nccc3n2)c1. The van der Waals surface area contributed by atoms with Crippen LogP contribution < -0.4 is 10.6 Å². The van der Waals surface area contributed by atoms with Gasteiger partial charge >= 0.3 is 0 Å². The van der Waals surface area contributed by atoms with Gasteiger partial charge in [-0.15, -0.1) is 0 Å². The van der Waals surface area contributed by atoms with E-state index in [-0.39, 0.29) is 0 Å². The molecule has 0 fully saturated rings. The van der Waals surface area contributed by atoms with Crippen LogP contribution in [0.25, 0.3) is 5.65 Å². The molecule has 0 radical (unpaired) electrons. The van der Waals surface area contributed by atoms with E-state index in [1.54, 1.807) is 16.9 Å². The van der Waals surface area contributed by atoms with Crippen molar-refractivity contribution < 1.29 is 0 Å². The first-order chi connectivity index (χ1) is 10.4. The molecule has 0 saturated heterocycles. The Kier molecular flexibility index (Phi) is 4.38. The van der Waals surface area contributed by atoms with Crippen molar-refractivity contribution in [3.63, 3.8) is 0 Å². The summed E-state index contributed by atoms with van der Waals surface area (Å²) >= 11 is 0. The monoisotopic (exact) mass is 282 g/mol. The first-order valence-electron chi connectivity index (χ1n) is 7.06. The van der Waals surface area contributed by atoms with E-state index in [4.69, 9.17) is 0 Å². The Morgan fingerprint density at radius 1 is 1.10 bits per heavy atom. The zero-order valence-electron chi connectivity index (χ0n) is 11.7. The van der Waals surface area contributed by atoms with Crippen molar-refractivity contribution in [2.24, 2.45) is 0 Å². The number of hydrogen-bond acceptors (Lipinski definition) is 5. The predicted molar refractivity (Wildman–Crippen MR) is 82.0 cm³/mol. The summed E-state index contributed by atoms with van der Waals surface area (Å²) in [5.74, 6) is 0.884. The van der Waals surface area contributed by atoms with Gasteiger partial charge in [-0.3, -0.25) is 4.98 Å². The minimum absolute atomic E-state index is 0.855. The van der Waals surface area contributed by atoms with Crippen LogP contribution >= 0.6 is 0 Å². The third kappa shape index (κ3) is 3.76. The van der Waals surface area contributed by atoms with Crippen LogP contribution in [0.3, 0.4) is 0 Å². The molecule has 0 aliphatic rings. The molecule has 3 aromatic rings. The normalized spacial score (nSPS) is 10.9. The Bertz CT molecular complexity index is 679. The number of aromatic nitrogens is 4. The fourth-order valence-corrected chi connectivity index (χ4v) is 2.08. The van der Waals surface area contributed by atoms with E-state index in [0.717, 1.165) is 37.5 Å². The molecule has 0 amide bonds. The maximum atomic E-state index is 4.46. The van der Waals surface area contributed by atoms with Crippen LogP contribution in [0.5, 0.6) is 0 Å². The molecule has 2 N–H and O–H groups in total. The number of pyridine rings is 1. The van der Waals surface area contributed by atoms with Gasteiger partial charge in [-0.05, 0) is 30.7 Å². The van der Waals surface area contributed by atoms with E-state index in [1.165, 1.54) is 5.56 Å². The second-order valence-electron chi connectivity index (χ2n) is 4.77. The van der Waals surface area contributed by atoms with Crippen molar-refractivity contribution in [1.29, 1.82) is 0 Å². The molecule has 3 aromatic heterocycles. The van der Waals surface area contributed by atoms with Crippen LogP contribution in [-0.2, 0) is 6.54 Å². The van der Waals surface area contributed by atoms with E-state index in [9.17, 15) is 0 Å². The molecule has 0 unspecified atom stereocenters. The van der Waals surface area contributed by atoms with Gasteiger partial charge in [0.05, 0.1) is 6.20 Å². The van der Waals surface area contributed by atoms with Gasteiger partial charge in [-0.1, -0.05) is 6.07 Å². The zero-order valence-corrected chi connectivity index (χ0v) is 11.7. The highest BCUT2D eigenvalue weighted by Crippen LogP contribution is 2.05. The summed E-state index contributed by atoms with van der Waals surface area (Å²) in [6, 6.07) is 7.85. The summed E-state index contributed by atoms with van der Waals surface area (Å²) in [6.45, 7) is 2.70. The Morgan fingerprint density at radius 3 is 3.00 bits per heavy atom. The molecule has 0 aliphatic carbocycles. The smallest absolute Gasteiger partial charge is 0.157 e. The van der Waals surface area contributed by atoms with Gasteiger partial charge in [0, 0.05) is 37.7 Å². The summed E-state index contributed by atoms with van der Waals surface area (Å²) < 4.78 is 1.75. The van der Waals surface area contributed by atoms with Crippen molar-refractivity contribution >= 4 is 11.5 Å². The fourth-order valence-electron chi connectivity index (χ4n) is 2.08. The number of rotatable bonds is 7. The van der Waals surface area contributed by atoms with Crippen molar-refractivity contribution in [1.82, 2.24) is 24.9 Å². The quantitative estimate of drug-likeness (QED) is 0.646. The van der Waals surface area contributed by atoms with Crippen LogP contribution in [0.4, 0.5) is 5.82 Å². The molecule has 3 heterocycles. The number of nitrogens with one attached hydrogen (secondary N) is 2. The molecular weight excluding hydrogens is 264 g/mol. The molecule has 108 valence electrons. The van der Waals surface area contributed by atoms with Crippen LogP contribution in [0.15, 0.2) is 49.1 Å². The average Bonchev–Trinajstić information content (AvgIpc) is 2.99. The first kappa shape index (κ1) is 13.5. The highest BCUT2D eigenvalue weighted by atomic mass is 15.2. The summed E-state index contributed by atoms with van der Waals surface area (Å²) in [4.78, 5) is 8.55. The number of hydrogen-bond donors (Lipinski definition) is 2. The van der Waals surface area contributed by atoms with Gasteiger partial charge in [0.1, 0.15) is 5.82 Å². The van der Waals surface area contributed by atoms with Gasteiger partial charge in [0.2, 0.25) is 0 Å². The Balaban J connectivity index is 1.36. The van der Waals surface area contributed by atoms with Crippen LogP contribution in [-0.4, -0.2) is 32.7 Å². The maximum Gasteiger partial charge on any atom is 0.157 e. The van der Waals surface area contributed by atoms with E-state index < -0.39 is 0 Å². The molecule has 6 heteroatoms. The van der Waals surface area contributed by atoms with E-state index in [1.807, 2.05) is 30.6 Å². The van der Waals surface area contributed by atoms with Gasteiger partial charge in [0.25, 0.3) is 0 Å². The number of nitrogens with zero attached hydrogens (tertiary/aromatic N) is 4. The second-order valence-corrected chi connectivity index (χ2v) is 4.77. The molecule has 0 bridgehead atoms. The average molecular weight is 282 g/mol. The lowest BCUT2D eigenvalue weighted by Crippen LogP contribution is -2.18. The maximum absolute atomic E-state index is 4.46. The lowest BCUT2D eigenvalue weighted by molar-refractivity contribution is 0.661. The molecule has 0 atom stereocenters. The van der Waals surface area contributed by atoms with E-state index >= 15 is 0 Å². The van der Waals surface area contributed by atoms with Crippen LogP contribution in [0, 0.1) is 0 Å². The topological polar surface area (TPSA) is 67.1 Å². The van der Waals surface area contributed by atoms with Crippen molar-refractivity contribution in [3.05, 3.63) is 54.6 Å². The van der Waals surface area contributed by atoms with Gasteiger partial charge in [-0.2, -0.15) is 5.10 Å². The highest BCUT2D eigenvalue weighted by Gasteiger charge is 1.97. The third-order valence-corrected chi connectivity index (χ3v) is 3.15. The molecule has 21 heavy (non-hydrogen) atoms. The van der Waals surface area contributed by atoms with Gasteiger partial charge in [-0.25, -0.2) is 9.50 Å². The first-order valence-corrected chi connectivity index (χ1v) is 7.06. The summed E-state index contributed by atoms with van der Waals surface area (Å²) in [5, 5.41) is 10.8. The fraction of sp³-hybridized carbons (Fsp3) is 0.267. The predicted octanol–water partition coefficient (Wildman–Crippen LogP) is 1.72. The highest BCUT2D eigenvalue weighted by molar-refractivity contribution is 5.45. The third-order valence-electron chi connectivity index (χ3n) is 3.15. The van der Waals surface area contributed by atoms with E-state index in [0.29, 0.717) is 0 Å². The van der Waals surface area contributed by atoms with Crippen LogP contribution in [0.2, 0.25) is 0 Å². The molecule has 0 saturated carbocycles. The summed E-state index contributed by atoms with van der Waals surface area (Å²) in [6.07, 6.45) is 8.36. The molecular formula is C15H18N6. The Hall–Kier alpha value is -2.47. The van der Waals surface area contributed by atoms with Crippen LogP contribution in [0.1, 0.15) is 12.0 Å². The lowest BCUT2D eigenvalue weighted by Gasteiger charge is -2.07. The van der Waals surface area contributed by atoms with E-state index in [2.05, 4.69) is 31.8 Å². The van der Waals surface area contributed by atoms with Crippen molar-refractivity contribution in [2.75, 3.05) is 18.4 Å². The molecule has 0 aliphatic heterocycles. The number of anilines is 1. The molecule has 0 spiro atoms.